The monoisotopic (exact) mass is 180 g/mol. The highest BCUT2D eigenvalue weighted by Gasteiger charge is 2.14. The Hall–Kier alpha value is -1.13. The summed E-state index contributed by atoms with van der Waals surface area (Å²) < 4.78 is 5.27. The van der Waals surface area contributed by atoms with Crippen molar-refractivity contribution >= 4 is 0 Å². The Morgan fingerprint density at radius 3 is 3.23 bits per heavy atom. The van der Waals surface area contributed by atoms with Crippen molar-refractivity contribution in [1.82, 2.24) is 4.98 Å². The van der Waals surface area contributed by atoms with Crippen LogP contribution >= 0.6 is 0 Å². The highest BCUT2D eigenvalue weighted by atomic mass is 16.5. The number of aromatic amines is 1. The molecule has 1 aromatic heterocycles. The second-order valence-electron chi connectivity index (χ2n) is 3.11. The molecule has 2 rings (SSSR count). The molecule has 3 N–H and O–H groups in total. The van der Waals surface area contributed by atoms with Crippen molar-refractivity contribution in [3.63, 3.8) is 0 Å². The largest absolute Gasteiger partial charge is 0.376 e. The van der Waals surface area contributed by atoms with Crippen LogP contribution in [0.2, 0.25) is 0 Å². The fourth-order valence-corrected chi connectivity index (χ4v) is 1.67. The van der Waals surface area contributed by atoms with Crippen molar-refractivity contribution in [2.75, 3.05) is 6.61 Å². The van der Waals surface area contributed by atoms with Gasteiger partial charge in [-0.1, -0.05) is 0 Å². The number of fused-ring (bicyclic) bond motifs is 1. The fraction of sp³-hybridized carbons (Fsp3) is 0.444. The molecule has 1 aliphatic heterocycles. The number of aromatic nitrogens is 1. The first-order chi connectivity index (χ1) is 6.33. The summed E-state index contributed by atoms with van der Waals surface area (Å²) in [5.41, 5.74) is 8.30. The summed E-state index contributed by atoms with van der Waals surface area (Å²) in [6, 6.07) is 0. The smallest absolute Gasteiger partial charge is 0.252 e. The van der Waals surface area contributed by atoms with Gasteiger partial charge in [0, 0.05) is 18.3 Å². The predicted molar refractivity (Wildman–Crippen MR) is 48.3 cm³/mol. The summed E-state index contributed by atoms with van der Waals surface area (Å²) in [5.74, 6) is 0. The van der Waals surface area contributed by atoms with E-state index >= 15 is 0 Å². The molecule has 0 fully saturated rings. The lowest BCUT2D eigenvalue weighted by atomic mass is 10.0. The van der Waals surface area contributed by atoms with Crippen molar-refractivity contribution in [2.24, 2.45) is 5.73 Å². The Morgan fingerprint density at radius 2 is 2.46 bits per heavy atom. The van der Waals surface area contributed by atoms with E-state index in [4.69, 9.17) is 10.5 Å². The molecule has 4 heteroatoms. The summed E-state index contributed by atoms with van der Waals surface area (Å²) in [4.78, 5) is 14.0. The van der Waals surface area contributed by atoms with E-state index < -0.39 is 0 Å². The Kier molecular flexibility index (Phi) is 2.16. The molecular formula is C9H12N2O2. The Labute approximate surface area is 75.7 Å². The van der Waals surface area contributed by atoms with Crippen molar-refractivity contribution in [3.05, 3.63) is 33.2 Å². The average Bonchev–Trinajstić information content (AvgIpc) is 2.18. The molecule has 0 aliphatic carbocycles. The van der Waals surface area contributed by atoms with E-state index in [-0.39, 0.29) is 5.56 Å². The third-order valence-electron chi connectivity index (χ3n) is 2.36. The molecule has 70 valence electrons. The van der Waals surface area contributed by atoms with Crippen molar-refractivity contribution in [2.45, 2.75) is 19.6 Å². The highest BCUT2D eigenvalue weighted by Crippen LogP contribution is 2.16. The first-order valence-corrected chi connectivity index (χ1v) is 4.33. The van der Waals surface area contributed by atoms with Crippen LogP contribution in [0.5, 0.6) is 0 Å². The summed E-state index contributed by atoms with van der Waals surface area (Å²) in [7, 11) is 0. The maximum Gasteiger partial charge on any atom is 0.252 e. The van der Waals surface area contributed by atoms with E-state index in [1.165, 1.54) is 0 Å². The van der Waals surface area contributed by atoms with E-state index in [1.807, 2.05) is 0 Å². The van der Waals surface area contributed by atoms with Crippen LogP contribution in [0.1, 0.15) is 16.7 Å². The predicted octanol–water partition coefficient (Wildman–Crippen LogP) is -0.0937. The van der Waals surface area contributed by atoms with Gasteiger partial charge in [-0.2, -0.15) is 0 Å². The van der Waals surface area contributed by atoms with E-state index in [9.17, 15) is 4.79 Å². The zero-order valence-electron chi connectivity index (χ0n) is 7.30. The Morgan fingerprint density at radius 1 is 1.62 bits per heavy atom. The molecule has 4 nitrogen and oxygen atoms in total. The maximum atomic E-state index is 11.3. The van der Waals surface area contributed by atoms with Crippen LogP contribution in [-0.2, 0) is 24.3 Å². The molecule has 0 saturated carbocycles. The zero-order valence-corrected chi connectivity index (χ0v) is 7.30. The number of nitrogens with two attached hydrogens (primary N) is 1. The first-order valence-electron chi connectivity index (χ1n) is 4.33. The summed E-state index contributed by atoms with van der Waals surface area (Å²) >= 11 is 0. The van der Waals surface area contributed by atoms with E-state index in [0.29, 0.717) is 25.3 Å². The molecule has 13 heavy (non-hydrogen) atoms. The maximum absolute atomic E-state index is 11.3. The lowest BCUT2D eigenvalue weighted by Gasteiger charge is -2.18. The van der Waals surface area contributed by atoms with Gasteiger partial charge in [0.1, 0.15) is 0 Å². The molecule has 2 heterocycles. The molecule has 0 spiro atoms. The number of ether oxygens (including phenoxy) is 1. The van der Waals surface area contributed by atoms with Crippen LogP contribution in [0, 0.1) is 0 Å². The molecule has 1 aliphatic rings. The zero-order chi connectivity index (χ0) is 9.26. The first kappa shape index (κ1) is 8.47. The van der Waals surface area contributed by atoms with Gasteiger partial charge in [0.05, 0.1) is 13.2 Å². The van der Waals surface area contributed by atoms with Gasteiger partial charge in [0.15, 0.2) is 0 Å². The molecule has 0 saturated heterocycles. The topological polar surface area (TPSA) is 68.1 Å². The van der Waals surface area contributed by atoms with Crippen LogP contribution < -0.4 is 11.3 Å². The van der Waals surface area contributed by atoms with Crippen LogP contribution in [0.4, 0.5) is 0 Å². The summed E-state index contributed by atoms with van der Waals surface area (Å²) in [5, 5.41) is 0. The van der Waals surface area contributed by atoms with Gasteiger partial charge < -0.3 is 15.5 Å². The van der Waals surface area contributed by atoms with Gasteiger partial charge >= 0.3 is 0 Å². The molecule has 1 aromatic rings. The van der Waals surface area contributed by atoms with Crippen LogP contribution in [0.25, 0.3) is 0 Å². The van der Waals surface area contributed by atoms with E-state index in [2.05, 4.69) is 4.98 Å². The van der Waals surface area contributed by atoms with E-state index in [0.717, 1.165) is 17.5 Å². The lowest BCUT2D eigenvalue weighted by Crippen LogP contribution is -2.23. The summed E-state index contributed by atoms with van der Waals surface area (Å²) in [6.45, 7) is 1.57. The third-order valence-corrected chi connectivity index (χ3v) is 2.36. The average molecular weight is 180 g/mol. The standard InChI is InChI=1S/C9H12N2O2/c10-3-8-7-1-2-13-5-6(7)4-11-9(8)12/h4H,1-3,5,10H2,(H,11,12). The Bertz CT molecular complexity index is 370. The van der Waals surface area contributed by atoms with Gasteiger partial charge in [-0.15, -0.1) is 0 Å². The van der Waals surface area contributed by atoms with Crippen molar-refractivity contribution in [3.8, 4) is 0 Å². The Balaban J connectivity index is 2.59. The number of hydrogen-bond acceptors (Lipinski definition) is 3. The quantitative estimate of drug-likeness (QED) is 0.634. The lowest BCUT2D eigenvalue weighted by molar-refractivity contribution is 0.110. The normalized spacial score (nSPS) is 15.5. The third kappa shape index (κ3) is 1.38. The molecule has 0 amide bonds. The van der Waals surface area contributed by atoms with Crippen molar-refractivity contribution < 1.29 is 4.74 Å². The van der Waals surface area contributed by atoms with Crippen LogP contribution in [-0.4, -0.2) is 11.6 Å². The van der Waals surface area contributed by atoms with Gasteiger partial charge in [0.25, 0.3) is 5.56 Å². The number of rotatable bonds is 1. The molecular weight excluding hydrogens is 168 g/mol. The SMILES string of the molecule is NCc1c2c(c[nH]c1=O)COCC2. The molecule has 0 unspecified atom stereocenters. The minimum atomic E-state index is -0.0665. The number of H-pyrrole nitrogens is 1. The van der Waals surface area contributed by atoms with Gasteiger partial charge in [-0.25, -0.2) is 0 Å². The van der Waals surface area contributed by atoms with Crippen LogP contribution in [0.3, 0.4) is 0 Å². The summed E-state index contributed by atoms with van der Waals surface area (Å²) in [6.07, 6.45) is 2.52. The van der Waals surface area contributed by atoms with Crippen molar-refractivity contribution in [1.29, 1.82) is 0 Å². The van der Waals surface area contributed by atoms with Crippen LogP contribution in [0.15, 0.2) is 11.0 Å². The van der Waals surface area contributed by atoms with E-state index in [1.54, 1.807) is 6.20 Å². The minimum absolute atomic E-state index is 0.0665. The fourth-order valence-electron chi connectivity index (χ4n) is 1.67. The minimum Gasteiger partial charge on any atom is -0.376 e. The number of hydrogen-bond donors (Lipinski definition) is 2. The number of pyridine rings is 1. The second kappa shape index (κ2) is 3.32. The van der Waals surface area contributed by atoms with Gasteiger partial charge in [-0.05, 0) is 17.5 Å². The molecule has 0 aromatic carbocycles. The van der Waals surface area contributed by atoms with Gasteiger partial charge in [0.2, 0.25) is 0 Å². The highest BCUT2D eigenvalue weighted by molar-refractivity contribution is 5.32. The van der Waals surface area contributed by atoms with Gasteiger partial charge in [-0.3, -0.25) is 4.79 Å². The molecule has 0 radical (unpaired) electrons. The second-order valence-corrected chi connectivity index (χ2v) is 3.11. The molecule has 0 bridgehead atoms. The molecule has 0 atom stereocenters. The number of nitrogens with one attached hydrogen (secondary N) is 1.